The van der Waals surface area contributed by atoms with Crippen molar-refractivity contribution in [3.63, 3.8) is 0 Å². The van der Waals surface area contributed by atoms with Gasteiger partial charge in [-0.3, -0.25) is 9.59 Å². The fraction of sp³-hybridized carbons (Fsp3) is 0.529. The van der Waals surface area contributed by atoms with Gasteiger partial charge in [-0.15, -0.1) is 0 Å². The van der Waals surface area contributed by atoms with E-state index < -0.39 is 5.91 Å². The lowest BCUT2D eigenvalue weighted by molar-refractivity contribution is -0.122. The van der Waals surface area contributed by atoms with Gasteiger partial charge in [0.25, 0.3) is 0 Å². The molecule has 0 aliphatic carbocycles. The lowest BCUT2D eigenvalue weighted by Gasteiger charge is -2.34. The van der Waals surface area contributed by atoms with E-state index in [-0.39, 0.29) is 11.3 Å². The molecule has 23 heavy (non-hydrogen) atoms. The van der Waals surface area contributed by atoms with E-state index in [1.165, 1.54) is 0 Å². The molecule has 1 heterocycles. The number of nitrogens with one attached hydrogen (secondary N) is 2. The summed E-state index contributed by atoms with van der Waals surface area (Å²) in [5, 5.41) is 6.32. The van der Waals surface area contributed by atoms with Gasteiger partial charge in [-0.1, -0.05) is 6.92 Å². The van der Waals surface area contributed by atoms with Crippen molar-refractivity contribution < 1.29 is 14.3 Å². The molecular formula is C17H25N3O3. The third-order valence-corrected chi connectivity index (χ3v) is 4.26. The number of carbonyl (C=O) groups excluding carboxylic acids is 2. The molecule has 0 radical (unpaired) electrons. The van der Waals surface area contributed by atoms with E-state index in [4.69, 9.17) is 10.5 Å². The zero-order valence-electron chi connectivity index (χ0n) is 13.6. The average molecular weight is 319 g/mol. The lowest BCUT2D eigenvalue weighted by atomic mass is 9.81. The molecule has 1 saturated heterocycles. The molecular weight excluding hydrogens is 294 g/mol. The Morgan fingerprint density at radius 2 is 1.91 bits per heavy atom. The highest BCUT2D eigenvalue weighted by molar-refractivity contribution is 5.92. The first-order valence-electron chi connectivity index (χ1n) is 7.99. The van der Waals surface area contributed by atoms with Gasteiger partial charge in [0.05, 0.1) is 13.0 Å². The van der Waals surface area contributed by atoms with E-state index in [0.29, 0.717) is 30.9 Å². The molecule has 0 spiro atoms. The van der Waals surface area contributed by atoms with Gasteiger partial charge in [-0.2, -0.15) is 0 Å². The molecule has 1 aromatic carbocycles. The van der Waals surface area contributed by atoms with Crippen LogP contribution in [-0.2, 0) is 4.79 Å². The monoisotopic (exact) mass is 319 g/mol. The van der Waals surface area contributed by atoms with E-state index >= 15 is 0 Å². The third kappa shape index (κ3) is 5.56. The number of rotatable bonds is 7. The standard InChI is InChI=1S/C17H25N3O3/c1-17(7-9-19-10-8-17)12-20-15(21)6-11-23-14-4-2-13(3-5-14)16(18)22/h2-5,19H,6-12H2,1H3,(H2,18,22)(H,20,21). The maximum absolute atomic E-state index is 11.9. The predicted molar refractivity (Wildman–Crippen MR) is 88.3 cm³/mol. The number of hydrogen-bond donors (Lipinski definition) is 3. The molecule has 0 saturated carbocycles. The molecule has 0 bridgehead atoms. The van der Waals surface area contributed by atoms with Crippen LogP contribution in [-0.4, -0.2) is 38.1 Å². The number of hydrogen-bond acceptors (Lipinski definition) is 4. The molecule has 0 atom stereocenters. The van der Waals surface area contributed by atoms with E-state index in [9.17, 15) is 9.59 Å². The van der Waals surface area contributed by atoms with Gasteiger partial charge in [-0.25, -0.2) is 0 Å². The minimum absolute atomic E-state index is 0.00138. The van der Waals surface area contributed by atoms with E-state index in [2.05, 4.69) is 17.6 Å². The van der Waals surface area contributed by atoms with Crippen LogP contribution in [0, 0.1) is 5.41 Å². The number of ether oxygens (including phenoxy) is 1. The second-order valence-corrected chi connectivity index (χ2v) is 6.32. The zero-order valence-corrected chi connectivity index (χ0v) is 13.6. The van der Waals surface area contributed by atoms with Crippen LogP contribution in [0.2, 0.25) is 0 Å². The molecule has 126 valence electrons. The molecule has 1 fully saturated rings. The molecule has 1 aromatic rings. The van der Waals surface area contributed by atoms with E-state index in [1.54, 1.807) is 24.3 Å². The summed E-state index contributed by atoms with van der Waals surface area (Å²) >= 11 is 0. The normalized spacial score (nSPS) is 16.6. The number of nitrogens with two attached hydrogens (primary N) is 1. The number of piperidine rings is 1. The average Bonchev–Trinajstić information content (AvgIpc) is 2.54. The molecule has 1 aliphatic rings. The third-order valence-electron chi connectivity index (χ3n) is 4.26. The summed E-state index contributed by atoms with van der Waals surface area (Å²) in [6.45, 7) is 5.25. The second kappa shape index (κ2) is 7.97. The first kappa shape index (κ1) is 17.3. The number of amides is 2. The van der Waals surface area contributed by atoms with Crippen molar-refractivity contribution in [2.24, 2.45) is 11.1 Å². The van der Waals surface area contributed by atoms with Crippen molar-refractivity contribution >= 4 is 11.8 Å². The van der Waals surface area contributed by atoms with Gasteiger partial charge in [0.2, 0.25) is 11.8 Å². The van der Waals surface area contributed by atoms with Crippen LogP contribution in [0.25, 0.3) is 0 Å². The molecule has 4 N–H and O–H groups in total. The van der Waals surface area contributed by atoms with Gasteiger partial charge < -0.3 is 21.1 Å². The Hall–Kier alpha value is -2.08. The van der Waals surface area contributed by atoms with Crippen LogP contribution in [0.4, 0.5) is 0 Å². The molecule has 6 nitrogen and oxygen atoms in total. The SMILES string of the molecule is CC1(CNC(=O)CCOc2ccc(C(N)=O)cc2)CCNCC1. The summed E-state index contributed by atoms with van der Waals surface area (Å²) in [4.78, 5) is 22.9. The first-order chi connectivity index (χ1) is 11.0. The number of benzene rings is 1. The van der Waals surface area contributed by atoms with Crippen LogP contribution < -0.4 is 21.1 Å². The first-order valence-corrected chi connectivity index (χ1v) is 7.99. The Balaban J connectivity index is 1.67. The van der Waals surface area contributed by atoms with Gasteiger partial charge in [0.15, 0.2) is 0 Å². The Labute approximate surface area is 136 Å². The summed E-state index contributed by atoms with van der Waals surface area (Å²) in [5.74, 6) is 0.147. The zero-order chi connectivity index (χ0) is 16.7. The minimum atomic E-state index is -0.470. The highest BCUT2D eigenvalue weighted by atomic mass is 16.5. The highest BCUT2D eigenvalue weighted by Gasteiger charge is 2.26. The predicted octanol–water partition coefficient (Wildman–Crippen LogP) is 1.06. The van der Waals surface area contributed by atoms with Crippen molar-refractivity contribution in [2.75, 3.05) is 26.2 Å². The summed E-state index contributed by atoms with van der Waals surface area (Å²) in [5.41, 5.74) is 5.79. The Morgan fingerprint density at radius 3 is 2.52 bits per heavy atom. The molecule has 2 rings (SSSR count). The second-order valence-electron chi connectivity index (χ2n) is 6.32. The molecule has 1 aliphatic heterocycles. The van der Waals surface area contributed by atoms with Crippen LogP contribution in [0.5, 0.6) is 5.75 Å². The van der Waals surface area contributed by atoms with Gasteiger partial charge in [0.1, 0.15) is 5.75 Å². The van der Waals surface area contributed by atoms with Crippen molar-refractivity contribution in [3.05, 3.63) is 29.8 Å². The van der Waals surface area contributed by atoms with Gasteiger partial charge >= 0.3 is 0 Å². The smallest absolute Gasteiger partial charge is 0.248 e. The Kier molecular flexibility index (Phi) is 5.98. The van der Waals surface area contributed by atoms with Crippen LogP contribution in [0.3, 0.4) is 0 Å². The van der Waals surface area contributed by atoms with Crippen molar-refractivity contribution in [3.8, 4) is 5.75 Å². The Morgan fingerprint density at radius 1 is 1.26 bits per heavy atom. The number of primary amides is 1. The largest absolute Gasteiger partial charge is 0.493 e. The maximum atomic E-state index is 11.9. The fourth-order valence-electron chi connectivity index (χ4n) is 2.58. The molecule has 6 heteroatoms. The van der Waals surface area contributed by atoms with Crippen LogP contribution >= 0.6 is 0 Å². The van der Waals surface area contributed by atoms with Crippen LogP contribution in [0.1, 0.15) is 36.5 Å². The van der Waals surface area contributed by atoms with Crippen molar-refractivity contribution in [2.45, 2.75) is 26.2 Å². The minimum Gasteiger partial charge on any atom is -0.493 e. The topological polar surface area (TPSA) is 93.4 Å². The van der Waals surface area contributed by atoms with E-state index in [1.807, 2.05) is 0 Å². The maximum Gasteiger partial charge on any atom is 0.248 e. The molecule has 0 aromatic heterocycles. The summed E-state index contributed by atoms with van der Waals surface area (Å²) in [6.07, 6.45) is 2.47. The summed E-state index contributed by atoms with van der Waals surface area (Å²) < 4.78 is 5.51. The summed E-state index contributed by atoms with van der Waals surface area (Å²) in [7, 11) is 0. The van der Waals surface area contributed by atoms with E-state index in [0.717, 1.165) is 25.9 Å². The van der Waals surface area contributed by atoms with Crippen LogP contribution in [0.15, 0.2) is 24.3 Å². The van der Waals surface area contributed by atoms with Crippen molar-refractivity contribution in [1.29, 1.82) is 0 Å². The summed E-state index contributed by atoms with van der Waals surface area (Å²) in [6, 6.07) is 6.56. The van der Waals surface area contributed by atoms with Crippen molar-refractivity contribution in [1.82, 2.24) is 10.6 Å². The van der Waals surface area contributed by atoms with Gasteiger partial charge in [0, 0.05) is 12.1 Å². The molecule has 0 unspecified atom stereocenters. The highest BCUT2D eigenvalue weighted by Crippen LogP contribution is 2.26. The quantitative estimate of drug-likeness (QED) is 0.700. The Bertz CT molecular complexity index is 537. The molecule has 2 amide bonds. The lowest BCUT2D eigenvalue weighted by Crippen LogP contribution is -2.43. The fourth-order valence-corrected chi connectivity index (χ4v) is 2.58. The number of carbonyl (C=O) groups is 2. The van der Waals surface area contributed by atoms with Gasteiger partial charge in [-0.05, 0) is 55.6 Å².